The number of carboxylic acid groups (broad SMARTS) is 1. The molecular formula is C13H8N4O4. The Balaban J connectivity index is 2.26. The molecule has 0 saturated heterocycles. The number of hydrogen-bond acceptors (Lipinski definition) is 5. The highest BCUT2D eigenvalue weighted by molar-refractivity contribution is 6.06. The zero-order valence-electron chi connectivity index (χ0n) is 10.5. The van der Waals surface area contributed by atoms with Gasteiger partial charge in [0.2, 0.25) is 6.33 Å². The van der Waals surface area contributed by atoms with Crippen molar-refractivity contribution in [1.82, 2.24) is 14.8 Å². The molecule has 3 rings (SSSR count). The second-order valence-electron chi connectivity index (χ2n) is 4.23. The van der Waals surface area contributed by atoms with Crippen molar-refractivity contribution in [3.63, 3.8) is 0 Å². The van der Waals surface area contributed by atoms with Crippen LogP contribution >= 0.6 is 0 Å². The summed E-state index contributed by atoms with van der Waals surface area (Å²) >= 11 is 0. The van der Waals surface area contributed by atoms with Gasteiger partial charge in [0.15, 0.2) is 0 Å². The minimum absolute atomic E-state index is 0.156. The highest BCUT2D eigenvalue weighted by atomic mass is 16.6. The molecule has 8 heteroatoms. The second-order valence-corrected chi connectivity index (χ2v) is 4.23. The molecule has 0 amide bonds. The van der Waals surface area contributed by atoms with Crippen LogP contribution in [-0.2, 0) is 0 Å². The number of nitrogens with zero attached hydrogens (tertiary/aromatic N) is 4. The molecule has 0 saturated carbocycles. The van der Waals surface area contributed by atoms with Crippen molar-refractivity contribution in [2.75, 3.05) is 0 Å². The summed E-state index contributed by atoms with van der Waals surface area (Å²) in [6.45, 7) is 0. The van der Waals surface area contributed by atoms with Crippen molar-refractivity contribution in [3.8, 4) is 5.69 Å². The molecular weight excluding hydrogens is 276 g/mol. The molecule has 0 fully saturated rings. The summed E-state index contributed by atoms with van der Waals surface area (Å²) in [6, 6.07) is 9.86. The number of hydrogen-bond donors (Lipinski definition) is 1. The number of aromatic nitrogens is 3. The normalized spacial score (nSPS) is 10.7. The van der Waals surface area contributed by atoms with E-state index in [2.05, 4.69) is 10.1 Å². The van der Waals surface area contributed by atoms with Gasteiger partial charge >= 0.3 is 11.9 Å². The van der Waals surface area contributed by atoms with E-state index >= 15 is 0 Å². The molecule has 0 radical (unpaired) electrons. The first-order chi connectivity index (χ1) is 10.1. The Hall–Kier alpha value is -3.29. The quantitative estimate of drug-likeness (QED) is 0.581. The topological polar surface area (TPSA) is 111 Å². The average molecular weight is 284 g/mol. The van der Waals surface area contributed by atoms with E-state index in [9.17, 15) is 20.0 Å². The zero-order chi connectivity index (χ0) is 15.0. The predicted octanol–water partition coefficient (Wildman–Crippen LogP) is 2.03. The molecule has 0 bridgehead atoms. The van der Waals surface area contributed by atoms with Gasteiger partial charge in [-0.2, -0.15) is 0 Å². The summed E-state index contributed by atoms with van der Waals surface area (Å²) in [4.78, 5) is 24.8. The van der Waals surface area contributed by atoms with Gasteiger partial charge in [-0.1, -0.05) is 29.2 Å². The molecule has 3 aromatic rings. The van der Waals surface area contributed by atoms with Gasteiger partial charge in [-0.05, 0) is 22.4 Å². The van der Waals surface area contributed by atoms with Crippen LogP contribution in [0.25, 0.3) is 16.5 Å². The number of fused-ring (bicyclic) bond motifs is 1. The first-order valence-corrected chi connectivity index (χ1v) is 5.89. The Labute approximate surface area is 117 Å². The van der Waals surface area contributed by atoms with Crippen LogP contribution in [0.15, 0.2) is 42.7 Å². The third-order valence-electron chi connectivity index (χ3n) is 3.02. The predicted molar refractivity (Wildman–Crippen MR) is 72.5 cm³/mol. The van der Waals surface area contributed by atoms with Crippen molar-refractivity contribution in [2.24, 2.45) is 0 Å². The van der Waals surface area contributed by atoms with Crippen LogP contribution in [-0.4, -0.2) is 30.8 Å². The Kier molecular flexibility index (Phi) is 2.83. The Morgan fingerprint density at radius 1 is 1.19 bits per heavy atom. The van der Waals surface area contributed by atoms with Crippen LogP contribution in [0.1, 0.15) is 10.4 Å². The molecule has 0 aliphatic rings. The molecule has 0 spiro atoms. The van der Waals surface area contributed by atoms with E-state index in [1.54, 1.807) is 30.3 Å². The summed E-state index contributed by atoms with van der Waals surface area (Å²) in [5.41, 5.74) is 0.681. The van der Waals surface area contributed by atoms with E-state index in [1.165, 1.54) is 17.1 Å². The fraction of sp³-hybridized carbons (Fsp3) is 0. The number of carboxylic acids is 1. The van der Waals surface area contributed by atoms with E-state index in [4.69, 9.17) is 0 Å². The third-order valence-corrected chi connectivity index (χ3v) is 3.02. The van der Waals surface area contributed by atoms with Gasteiger partial charge in [-0.15, -0.1) is 4.68 Å². The van der Waals surface area contributed by atoms with E-state index < -0.39 is 16.8 Å². The highest BCUT2D eigenvalue weighted by Crippen LogP contribution is 2.25. The minimum Gasteiger partial charge on any atom is -0.478 e. The van der Waals surface area contributed by atoms with Gasteiger partial charge in [0.05, 0.1) is 11.3 Å². The molecule has 21 heavy (non-hydrogen) atoms. The first-order valence-electron chi connectivity index (χ1n) is 5.89. The number of benzene rings is 2. The maximum atomic E-state index is 11.2. The smallest absolute Gasteiger partial charge is 0.478 e. The van der Waals surface area contributed by atoms with Gasteiger partial charge in [0.25, 0.3) is 0 Å². The second kappa shape index (κ2) is 4.67. The molecule has 1 N–H and O–H groups in total. The lowest BCUT2D eigenvalue weighted by Crippen LogP contribution is -2.02. The van der Waals surface area contributed by atoms with Crippen molar-refractivity contribution in [1.29, 1.82) is 0 Å². The van der Waals surface area contributed by atoms with Crippen molar-refractivity contribution < 1.29 is 14.8 Å². The molecule has 0 aliphatic carbocycles. The number of nitro groups is 1. The van der Waals surface area contributed by atoms with E-state index in [0.29, 0.717) is 16.5 Å². The largest absolute Gasteiger partial charge is 0.491 e. The van der Waals surface area contributed by atoms with Gasteiger partial charge in [0, 0.05) is 10.5 Å². The molecule has 0 unspecified atom stereocenters. The van der Waals surface area contributed by atoms with Gasteiger partial charge in [-0.3, -0.25) is 0 Å². The Morgan fingerprint density at radius 2 is 1.90 bits per heavy atom. The molecule has 1 aromatic heterocycles. The van der Waals surface area contributed by atoms with Crippen molar-refractivity contribution >= 4 is 22.7 Å². The third kappa shape index (κ3) is 2.08. The number of carbonyl (C=O) groups is 1. The standard InChI is InChI=1S/C13H8N4O4/c18-12(19)10-5-6-11(9-4-2-1-3-8(9)10)16-7-14-13(15-16)17(20)21/h1-7H,(H,18,19). The minimum atomic E-state index is -1.04. The summed E-state index contributed by atoms with van der Waals surface area (Å²) < 4.78 is 1.26. The van der Waals surface area contributed by atoms with E-state index in [1.807, 2.05) is 0 Å². The average Bonchev–Trinajstić information content (AvgIpc) is 2.95. The lowest BCUT2D eigenvalue weighted by atomic mass is 10.0. The van der Waals surface area contributed by atoms with Crippen LogP contribution in [0.2, 0.25) is 0 Å². The van der Waals surface area contributed by atoms with Gasteiger partial charge in [-0.25, -0.2) is 4.79 Å². The Bertz CT molecular complexity index is 871. The van der Waals surface area contributed by atoms with Crippen LogP contribution in [0.3, 0.4) is 0 Å². The fourth-order valence-electron chi connectivity index (χ4n) is 2.12. The summed E-state index contributed by atoms with van der Waals surface area (Å²) in [5, 5.41) is 24.8. The van der Waals surface area contributed by atoms with Crippen molar-refractivity contribution in [2.45, 2.75) is 0 Å². The molecule has 1 heterocycles. The lowest BCUT2D eigenvalue weighted by molar-refractivity contribution is -0.394. The van der Waals surface area contributed by atoms with E-state index in [-0.39, 0.29) is 5.56 Å². The lowest BCUT2D eigenvalue weighted by Gasteiger charge is -2.06. The summed E-state index contributed by atoms with van der Waals surface area (Å²) in [6.07, 6.45) is 1.22. The molecule has 0 aliphatic heterocycles. The van der Waals surface area contributed by atoms with Crippen LogP contribution in [0.4, 0.5) is 5.95 Å². The number of aromatic carboxylic acids is 1. The molecule has 2 aromatic carbocycles. The van der Waals surface area contributed by atoms with Crippen molar-refractivity contribution in [3.05, 3.63) is 58.4 Å². The Morgan fingerprint density at radius 3 is 2.52 bits per heavy atom. The van der Waals surface area contributed by atoms with Crippen LogP contribution < -0.4 is 0 Å². The highest BCUT2D eigenvalue weighted by Gasteiger charge is 2.18. The zero-order valence-corrected chi connectivity index (χ0v) is 10.5. The van der Waals surface area contributed by atoms with Gasteiger partial charge < -0.3 is 15.2 Å². The molecule has 104 valence electrons. The molecule has 8 nitrogen and oxygen atoms in total. The maximum absolute atomic E-state index is 11.2. The van der Waals surface area contributed by atoms with Crippen LogP contribution in [0, 0.1) is 10.1 Å². The van der Waals surface area contributed by atoms with E-state index in [0.717, 1.165) is 0 Å². The first kappa shape index (κ1) is 12.7. The maximum Gasteiger partial charge on any atom is 0.491 e. The molecule has 0 atom stereocenters. The number of rotatable bonds is 3. The SMILES string of the molecule is O=C(O)c1ccc(-n2cnc([N+](=O)[O-])n2)c2ccccc12. The van der Waals surface area contributed by atoms with Gasteiger partial charge in [0.1, 0.15) is 0 Å². The van der Waals surface area contributed by atoms with Crippen LogP contribution in [0.5, 0.6) is 0 Å². The summed E-state index contributed by atoms with van der Waals surface area (Å²) in [5.74, 6) is -1.55. The fourth-order valence-corrected chi connectivity index (χ4v) is 2.12. The monoisotopic (exact) mass is 284 g/mol. The summed E-state index contributed by atoms with van der Waals surface area (Å²) in [7, 11) is 0.